The van der Waals surface area contributed by atoms with Crippen LogP contribution in [0.3, 0.4) is 0 Å². The van der Waals surface area contributed by atoms with Crippen molar-refractivity contribution < 1.29 is 18.6 Å². The zero-order valence-electron chi connectivity index (χ0n) is 10.3. The molecule has 0 aliphatic heterocycles. The van der Waals surface area contributed by atoms with Crippen molar-refractivity contribution >= 4 is 43.2 Å². The van der Waals surface area contributed by atoms with E-state index in [9.17, 15) is 18.6 Å². The molecule has 21 heavy (non-hydrogen) atoms. The summed E-state index contributed by atoms with van der Waals surface area (Å²) in [5.41, 5.74) is 0.271. The van der Waals surface area contributed by atoms with Gasteiger partial charge in [-0.15, -0.1) is 0 Å². The number of hydrogen-bond donors (Lipinski definition) is 2. The molecule has 0 aliphatic carbocycles. The molecular weight excluding hydrogens is 378 g/mol. The second-order valence-corrected chi connectivity index (χ2v) is 7.51. The lowest BCUT2D eigenvalue weighted by Gasteiger charge is -2.04. The molecule has 0 atom stereocenters. The molecular formula is C13H8BrNO4S2. The minimum Gasteiger partial charge on any atom is -0.504 e. The summed E-state index contributed by atoms with van der Waals surface area (Å²) >= 11 is 4.24. The molecule has 1 heterocycles. The van der Waals surface area contributed by atoms with Crippen LogP contribution >= 0.6 is 27.3 Å². The Morgan fingerprint density at radius 1 is 1.38 bits per heavy atom. The first-order valence-electron chi connectivity index (χ1n) is 5.47. The number of hydrogen-bond acceptors (Lipinski definition) is 6. The number of thiophene rings is 1. The molecule has 2 aromatic rings. The Labute approximate surface area is 133 Å². The van der Waals surface area contributed by atoms with Crippen LogP contribution in [0.5, 0.6) is 11.5 Å². The molecule has 0 unspecified atom stereocenters. The molecule has 0 saturated heterocycles. The Hall–Kier alpha value is -1.82. The summed E-state index contributed by atoms with van der Waals surface area (Å²) in [5, 5.41) is 31.1. The first-order valence-corrected chi connectivity index (χ1v) is 8.68. The van der Waals surface area contributed by atoms with Crippen molar-refractivity contribution in [2.75, 3.05) is 0 Å². The molecule has 0 aliphatic rings. The van der Waals surface area contributed by atoms with Gasteiger partial charge in [0.1, 0.15) is 11.0 Å². The van der Waals surface area contributed by atoms with E-state index in [0.717, 1.165) is 6.08 Å². The van der Waals surface area contributed by atoms with E-state index in [2.05, 4.69) is 15.9 Å². The van der Waals surface area contributed by atoms with Crippen molar-refractivity contribution in [2.45, 2.75) is 4.90 Å². The molecule has 1 aromatic heterocycles. The number of benzene rings is 1. The van der Waals surface area contributed by atoms with Gasteiger partial charge in [0.05, 0.1) is 9.37 Å². The van der Waals surface area contributed by atoms with Gasteiger partial charge in [-0.3, -0.25) is 0 Å². The average molecular weight is 386 g/mol. The third-order valence-corrected chi connectivity index (χ3v) is 5.67. The van der Waals surface area contributed by atoms with E-state index < -0.39 is 20.5 Å². The summed E-state index contributed by atoms with van der Waals surface area (Å²) in [7, 11) is -3.89. The van der Waals surface area contributed by atoms with Crippen molar-refractivity contribution in [3.8, 4) is 17.6 Å². The Morgan fingerprint density at radius 2 is 2.10 bits per heavy atom. The molecule has 0 radical (unpaired) electrons. The Balaban J connectivity index is 2.55. The number of nitrogens with zero attached hydrogens (tertiary/aromatic N) is 1. The minimum absolute atomic E-state index is 0.0439. The second kappa shape index (κ2) is 5.89. The number of halogens is 1. The first kappa shape index (κ1) is 15.6. The molecule has 1 aromatic carbocycles. The maximum atomic E-state index is 12.3. The maximum Gasteiger partial charge on any atom is 0.217 e. The third kappa shape index (κ3) is 3.10. The molecule has 2 rings (SSSR count). The fraction of sp³-hybridized carbons (Fsp3) is 0. The van der Waals surface area contributed by atoms with E-state index in [1.165, 1.54) is 34.9 Å². The topological polar surface area (TPSA) is 98.4 Å². The number of nitriles is 1. The van der Waals surface area contributed by atoms with Crippen LogP contribution in [0.4, 0.5) is 0 Å². The largest absolute Gasteiger partial charge is 0.504 e. The summed E-state index contributed by atoms with van der Waals surface area (Å²) in [6.07, 6.45) is 1.14. The predicted octanol–water partition coefficient (Wildman–Crippen LogP) is 3.26. The summed E-state index contributed by atoms with van der Waals surface area (Å²) in [6, 6.07) is 5.63. The van der Waals surface area contributed by atoms with Gasteiger partial charge in [0, 0.05) is 5.38 Å². The number of sulfone groups is 1. The molecule has 108 valence electrons. The van der Waals surface area contributed by atoms with Crippen LogP contribution in [-0.4, -0.2) is 18.6 Å². The molecule has 0 fully saturated rings. The smallest absolute Gasteiger partial charge is 0.217 e. The highest BCUT2D eigenvalue weighted by Crippen LogP contribution is 2.35. The van der Waals surface area contributed by atoms with Gasteiger partial charge in [-0.1, -0.05) is 0 Å². The van der Waals surface area contributed by atoms with E-state index in [0.29, 0.717) is 0 Å². The molecule has 8 heteroatoms. The van der Waals surface area contributed by atoms with Crippen molar-refractivity contribution in [1.82, 2.24) is 0 Å². The number of phenols is 2. The zero-order valence-corrected chi connectivity index (χ0v) is 13.5. The monoisotopic (exact) mass is 385 g/mol. The van der Waals surface area contributed by atoms with E-state index in [-0.39, 0.29) is 20.7 Å². The van der Waals surface area contributed by atoms with Gasteiger partial charge in [-0.2, -0.15) is 16.6 Å². The standard InChI is InChI=1S/C13H8BrNO4S2/c14-11-4-8(5-12(16)13(11)17)3-10(6-15)21(18,19)9-1-2-20-7-9/h1-5,7,16-17H/b10-3+. The molecule has 0 amide bonds. The number of rotatable bonds is 3. The predicted molar refractivity (Wildman–Crippen MR) is 82.6 cm³/mol. The van der Waals surface area contributed by atoms with Crippen molar-refractivity contribution in [2.24, 2.45) is 0 Å². The van der Waals surface area contributed by atoms with Gasteiger partial charge < -0.3 is 10.2 Å². The summed E-state index contributed by atoms with van der Waals surface area (Å²) in [4.78, 5) is -0.403. The fourth-order valence-electron chi connectivity index (χ4n) is 1.54. The summed E-state index contributed by atoms with van der Waals surface area (Å²) in [6.45, 7) is 0. The van der Waals surface area contributed by atoms with Gasteiger partial charge in [0.25, 0.3) is 0 Å². The van der Waals surface area contributed by atoms with Crippen LogP contribution in [-0.2, 0) is 9.84 Å². The van der Waals surface area contributed by atoms with E-state index in [4.69, 9.17) is 5.26 Å². The Kier molecular flexibility index (Phi) is 4.37. The molecule has 5 nitrogen and oxygen atoms in total. The van der Waals surface area contributed by atoms with Crippen LogP contribution in [0.15, 0.2) is 43.2 Å². The number of aromatic hydroxyl groups is 2. The quantitative estimate of drug-likeness (QED) is 0.623. The van der Waals surface area contributed by atoms with Crippen molar-refractivity contribution in [3.05, 3.63) is 43.9 Å². The normalized spacial score (nSPS) is 12.1. The van der Waals surface area contributed by atoms with Crippen LogP contribution < -0.4 is 0 Å². The summed E-state index contributed by atoms with van der Waals surface area (Å²) < 4.78 is 24.7. The van der Waals surface area contributed by atoms with Gasteiger partial charge in [0.15, 0.2) is 11.5 Å². The lowest BCUT2D eigenvalue weighted by Crippen LogP contribution is -2.02. The Morgan fingerprint density at radius 3 is 2.62 bits per heavy atom. The minimum atomic E-state index is -3.89. The lowest BCUT2D eigenvalue weighted by atomic mass is 10.2. The van der Waals surface area contributed by atoms with Crippen LogP contribution in [0, 0.1) is 11.3 Å². The van der Waals surface area contributed by atoms with Crippen LogP contribution in [0.1, 0.15) is 5.56 Å². The molecule has 0 saturated carbocycles. The Bertz CT molecular complexity index is 826. The fourth-order valence-corrected chi connectivity index (χ4v) is 4.20. The molecule has 0 spiro atoms. The van der Waals surface area contributed by atoms with Gasteiger partial charge >= 0.3 is 0 Å². The number of phenolic OH excluding ortho intramolecular Hbond substituents is 2. The zero-order chi connectivity index (χ0) is 15.6. The first-order chi connectivity index (χ1) is 9.86. The lowest BCUT2D eigenvalue weighted by molar-refractivity contribution is 0.401. The molecule has 2 N–H and O–H groups in total. The van der Waals surface area contributed by atoms with Gasteiger partial charge in [0.2, 0.25) is 9.84 Å². The van der Waals surface area contributed by atoms with Crippen LogP contribution in [0.25, 0.3) is 6.08 Å². The highest BCUT2D eigenvalue weighted by Gasteiger charge is 2.21. The SMILES string of the molecule is N#C/C(=C\c1cc(O)c(O)c(Br)c1)S(=O)(=O)c1ccsc1. The third-order valence-electron chi connectivity index (χ3n) is 2.57. The van der Waals surface area contributed by atoms with Gasteiger partial charge in [-0.25, -0.2) is 8.42 Å². The molecule has 0 bridgehead atoms. The number of allylic oxidation sites excluding steroid dienone is 1. The van der Waals surface area contributed by atoms with E-state index in [1.807, 2.05) is 0 Å². The van der Waals surface area contributed by atoms with Gasteiger partial charge in [-0.05, 0) is 51.1 Å². The van der Waals surface area contributed by atoms with E-state index in [1.54, 1.807) is 11.4 Å². The highest BCUT2D eigenvalue weighted by atomic mass is 79.9. The van der Waals surface area contributed by atoms with Crippen LogP contribution in [0.2, 0.25) is 0 Å². The second-order valence-electron chi connectivity index (χ2n) is 3.95. The van der Waals surface area contributed by atoms with Crippen molar-refractivity contribution in [1.29, 1.82) is 5.26 Å². The average Bonchev–Trinajstić information content (AvgIpc) is 2.96. The summed E-state index contributed by atoms with van der Waals surface area (Å²) in [5.74, 6) is -0.771. The maximum absolute atomic E-state index is 12.3. The highest BCUT2D eigenvalue weighted by molar-refractivity contribution is 9.10. The van der Waals surface area contributed by atoms with Crippen molar-refractivity contribution in [3.63, 3.8) is 0 Å². The van der Waals surface area contributed by atoms with E-state index >= 15 is 0 Å².